The Morgan fingerprint density at radius 2 is 1.90 bits per heavy atom. The van der Waals surface area contributed by atoms with Crippen LogP contribution in [0, 0.1) is 5.82 Å². The number of aliphatic hydroxyl groups excluding tert-OH is 1. The average Bonchev–Trinajstić information content (AvgIpc) is 2.53. The molecule has 0 fully saturated rings. The van der Waals surface area contributed by atoms with Crippen LogP contribution in [0.2, 0.25) is 0 Å². The van der Waals surface area contributed by atoms with Gasteiger partial charge in [-0.2, -0.15) is 0 Å². The standard InChI is InChI=1S/C16H18FNO3/c1-20-15-8-13(17)12(14(19)9-18)7-16(15)21-10-11-5-3-2-4-6-11/h2-8,14,19H,9-10,18H2,1H3. The molecular formula is C16H18FNO3. The van der Waals surface area contributed by atoms with Crippen molar-refractivity contribution in [1.29, 1.82) is 0 Å². The maximum absolute atomic E-state index is 13.9. The van der Waals surface area contributed by atoms with Crippen LogP contribution >= 0.6 is 0 Å². The van der Waals surface area contributed by atoms with Crippen LogP contribution in [0.1, 0.15) is 17.2 Å². The third-order valence-electron chi connectivity index (χ3n) is 3.10. The van der Waals surface area contributed by atoms with Gasteiger partial charge in [0.1, 0.15) is 12.4 Å². The number of benzene rings is 2. The van der Waals surface area contributed by atoms with E-state index in [2.05, 4.69) is 0 Å². The highest BCUT2D eigenvalue weighted by molar-refractivity contribution is 5.44. The number of methoxy groups -OCH3 is 1. The highest BCUT2D eigenvalue weighted by Crippen LogP contribution is 2.33. The molecule has 21 heavy (non-hydrogen) atoms. The number of hydrogen-bond acceptors (Lipinski definition) is 4. The molecule has 1 atom stereocenters. The molecule has 5 heteroatoms. The Balaban J connectivity index is 2.24. The van der Waals surface area contributed by atoms with Crippen molar-refractivity contribution in [1.82, 2.24) is 0 Å². The van der Waals surface area contributed by atoms with Crippen molar-refractivity contribution in [3.05, 3.63) is 59.4 Å². The molecule has 0 bridgehead atoms. The molecule has 0 spiro atoms. The maximum atomic E-state index is 13.9. The summed E-state index contributed by atoms with van der Waals surface area (Å²) in [5.74, 6) is 0.0681. The van der Waals surface area contributed by atoms with Crippen LogP contribution in [-0.2, 0) is 6.61 Å². The molecule has 0 amide bonds. The smallest absolute Gasteiger partial charge is 0.163 e. The summed E-state index contributed by atoms with van der Waals surface area (Å²) >= 11 is 0. The fraction of sp³-hybridized carbons (Fsp3) is 0.250. The lowest BCUT2D eigenvalue weighted by Gasteiger charge is -2.15. The van der Waals surface area contributed by atoms with Gasteiger partial charge in [0, 0.05) is 18.2 Å². The van der Waals surface area contributed by atoms with Crippen LogP contribution in [0.15, 0.2) is 42.5 Å². The summed E-state index contributed by atoms with van der Waals surface area (Å²) in [7, 11) is 1.43. The third-order valence-corrected chi connectivity index (χ3v) is 3.10. The molecule has 0 aliphatic rings. The van der Waals surface area contributed by atoms with E-state index in [1.807, 2.05) is 30.3 Å². The number of nitrogens with two attached hydrogens (primary N) is 1. The van der Waals surface area contributed by atoms with Crippen LogP contribution in [0.5, 0.6) is 11.5 Å². The van der Waals surface area contributed by atoms with E-state index in [4.69, 9.17) is 15.2 Å². The fourth-order valence-corrected chi connectivity index (χ4v) is 1.94. The molecule has 0 saturated carbocycles. The summed E-state index contributed by atoms with van der Waals surface area (Å²) < 4.78 is 24.6. The highest BCUT2D eigenvalue weighted by atomic mass is 19.1. The molecule has 0 aliphatic carbocycles. The Kier molecular flexibility index (Phi) is 5.14. The summed E-state index contributed by atoms with van der Waals surface area (Å²) in [4.78, 5) is 0. The summed E-state index contributed by atoms with van der Waals surface area (Å²) in [5, 5.41) is 9.72. The van der Waals surface area contributed by atoms with Gasteiger partial charge in [-0.25, -0.2) is 4.39 Å². The van der Waals surface area contributed by atoms with Crippen molar-refractivity contribution in [2.75, 3.05) is 13.7 Å². The molecule has 1 unspecified atom stereocenters. The van der Waals surface area contributed by atoms with Gasteiger partial charge >= 0.3 is 0 Å². The van der Waals surface area contributed by atoms with Gasteiger partial charge in [0.15, 0.2) is 11.5 Å². The first-order chi connectivity index (χ1) is 10.2. The SMILES string of the molecule is COc1cc(F)c(C(O)CN)cc1OCc1ccccc1. The molecule has 2 aromatic carbocycles. The summed E-state index contributed by atoms with van der Waals surface area (Å²) in [6, 6.07) is 12.2. The predicted molar refractivity (Wildman–Crippen MR) is 77.7 cm³/mol. The maximum Gasteiger partial charge on any atom is 0.163 e. The van der Waals surface area contributed by atoms with E-state index >= 15 is 0 Å². The van der Waals surface area contributed by atoms with Crippen LogP contribution in [0.3, 0.4) is 0 Å². The first-order valence-corrected chi connectivity index (χ1v) is 6.58. The van der Waals surface area contributed by atoms with Crippen LogP contribution in [0.4, 0.5) is 4.39 Å². The zero-order valence-corrected chi connectivity index (χ0v) is 11.8. The van der Waals surface area contributed by atoms with Gasteiger partial charge in [0.25, 0.3) is 0 Å². The number of rotatable bonds is 6. The molecule has 0 saturated heterocycles. The van der Waals surface area contributed by atoms with Gasteiger partial charge in [0.05, 0.1) is 13.2 Å². The molecule has 0 radical (unpaired) electrons. The van der Waals surface area contributed by atoms with Gasteiger partial charge in [-0.1, -0.05) is 30.3 Å². The van der Waals surface area contributed by atoms with Gasteiger partial charge in [-0.3, -0.25) is 0 Å². The number of aliphatic hydroxyl groups is 1. The number of ether oxygens (including phenoxy) is 2. The van der Waals surface area contributed by atoms with Crippen LogP contribution in [-0.4, -0.2) is 18.8 Å². The molecule has 4 nitrogen and oxygen atoms in total. The molecular weight excluding hydrogens is 273 g/mol. The second kappa shape index (κ2) is 7.06. The molecule has 112 valence electrons. The first-order valence-electron chi connectivity index (χ1n) is 6.58. The van der Waals surface area contributed by atoms with Crippen molar-refractivity contribution < 1.29 is 19.0 Å². The number of halogens is 1. The zero-order chi connectivity index (χ0) is 15.2. The van der Waals surface area contributed by atoms with Gasteiger partial charge < -0.3 is 20.3 Å². The van der Waals surface area contributed by atoms with Gasteiger partial charge in [-0.05, 0) is 11.6 Å². The number of hydrogen-bond donors (Lipinski definition) is 2. The van der Waals surface area contributed by atoms with E-state index in [0.717, 1.165) is 5.56 Å². The normalized spacial score (nSPS) is 12.0. The Bertz CT molecular complexity index is 590. The topological polar surface area (TPSA) is 64.7 Å². The Hall–Kier alpha value is -2.11. The van der Waals surface area contributed by atoms with Crippen molar-refractivity contribution in [3.63, 3.8) is 0 Å². The largest absolute Gasteiger partial charge is 0.493 e. The van der Waals surface area contributed by atoms with Crippen LogP contribution in [0.25, 0.3) is 0 Å². The van der Waals surface area contributed by atoms with E-state index in [0.29, 0.717) is 12.4 Å². The van der Waals surface area contributed by atoms with Crippen LogP contribution < -0.4 is 15.2 Å². The van der Waals surface area contributed by atoms with Gasteiger partial charge in [0.2, 0.25) is 0 Å². The quantitative estimate of drug-likeness (QED) is 0.858. The molecule has 2 rings (SSSR count). The molecule has 2 aromatic rings. The lowest BCUT2D eigenvalue weighted by molar-refractivity contribution is 0.180. The minimum absolute atomic E-state index is 0.0681. The van der Waals surface area contributed by atoms with Crippen molar-refractivity contribution in [2.45, 2.75) is 12.7 Å². The van der Waals surface area contributed by atoms with E-state index in [-0.39, 0.29) is 17.9 Å². The molecule has 0 heterocycles. The molecule has 0 aromatic heterocycles. The minimum atomic E-state index is -1.07. The summed E-state index contributed by atoms with van der Waals surface area (Å²) in [6.45, 7) is 0.252. The highest BCUT2D eigenvalue weighted by Gasteiger charge is 2.17. The van der Waals surface area contributed by atoms with E-state index in [1.165, 1.54) is 19.2 Å². The zero-order valence-electron chi connectivity index (χ0n) is 11.8. The Morgan fingerprint density at radius 3 is 2.52 bits per heavy atom. The van der Waals surface area contributed by atoms with Gasteiger partial charge in [-0.15, -0.1) is 0 Å². The van der Waals surface area contributed by atoms with E-state index < -0.39 is 11.9 Å². The minimum Gasteiger partial charge on any atom is -0.493 e. The van der Waals surface area contributed by atoms with Crippen molar-refractivity contribution in [2.24, 2.45) is 5.73 Å². The monoisotopic (exact) mass is 291 g/mol. The third kappa shape index (κ3) is 3.71. The molecule has 3 N–H and O–H groups in total. The first kappa shape index (κ1) is 15.3. The second-order valence-electron chi connectivity index (χ2n) is 4.55. The summed E-state index contributed by atoms with van der Waals surface area (Å²) in [6.07, 6.45) is -1.07. The Morgan fingerprint density at radius 1 is 1.19 bits per heavy atom. The van der Waals surface area contributed by atoms with Crippen molar-refractivity contribution >= 4 is 0 Å². The second-order valence-corrected chi connectivity index (χ2v) is 4.55. The average molecular weight is 291 g/mol. The predicted octanol–water partition coefficient (Wildman–Crippen LogP) is 2.41. The molecule has 0 aliphatic heterocycles. The van der Waals surface area contributed by atoms with E-state index in [1.54, 1.807) is 0 Å². The summed E-state index contributed by atoms with van der Waals surface area (Å²) in [5.41, 5.74) is 6.45. The lowest BCUT2D eigenvalue weighted by atomic mass is 10.1. The van der Waals surface area contributed by atoms with Crippen molar-refractivity contribution in [3.8, 4) is 11.5 Å². The Labute approximate surface area is 122 Å². The fourth-order valence-electron chi connectivity index (χ4n) is 1.94. The lowest BCUT2D eigenvalue weighted by Crippen LogP contribution is -2.13. The van der Waals surface area contributed by atoms with E-state index in [9.17, 15) is 9.50 Å².